The van der Waals surface area contributed by atoms with Crippen LogP contribution in [0.2, 0.25) is 0 Å². The first-order chi connectivity index (χ1) is 37.0. The molecule has 0 aliphatic carbocycles. The van der Waals surface area contributed by atoms with Gasteiger partial charge in [-0.25, -0.2) is 0 Å². The molecular weight excluding hydrogens is 925 g/mol. The van der Waals surface area contributed by atoms with Crippen LogP contribution >= 0.6 is 0 Å². The summed E-state index contributed by atoms with van der Waals surface area (Å²) in [7, 11) is 0. The Morgan fingerprint density at radius 1 is 0.267 bits per heavy atom. The van der Waals surface area contributed by atoms with Crippen molar-refractivity contribution in [1.29, 1.82) is 0 Å². The molecule has 436 valence electrons. The van der Waals surface area contributed by atoms with E-state index < -0.39 is 6.10 Å². The molecule has 1 unspecified atom stereocenters. The van der Waals surface area contributed by atoms with Gasteiger partial charge in [0.25, 0.3) is 0 Å². The highest BCUT2D eigenvalue weighted by atomic mass is 16.6. The summed E-state index contributed by atoms with van der Waals surface area (Å²) < 4.78 is 16.9. The van der Waals surface area contributed by atoms with Gasteiger partial charge in [-0.05, 0) is 83.5 Å². The highest BCUT2D eigenvalue weighted by molar-refractivity contribution is 5.71. The first-order valence-electron chi connectivity index (χ1n) is 32.8. The van der Waals surface area contributed by atoms with Gasteiger partial charge < -0.3 is 14.2 Å². The predicted octanol–water partition coefficient (Wildman–Crippen LogP) is 22.3. The smallest absolute Gasteiger partial charge is 0.306 e. The molecule has 0 rings (SSSR count). The second kappa shape index (κ2) is 63.6. The van der Waals surface area contributed by atoms with Crippen molar-refractivity contribution in [3.8, 4) is 0 Å². The average molecular weight is 1050 g/mol. The molecule has 0 aromatic rings. The van der Waals surface area contributed by atoms with Crippen LogP contribution in [0.1, 0.15) is 342 Å². The Morgan fingerprint density at radius 2 is 0.493 bits per heavy atom. The SMILES string of the molecule is CCCC/C=C\C/C=C\CCCCCCCC(=O)OC(COC(=O)CCCCCCCCCCCCCCCC)COC(=O)CCCCCCCCCCCCCCCC/C=C\C/C=C\C/C=C\CCCCCCC. The lowest BCUT2D eigenvalue weighted by Gasteiger charge is -2.18. The van der Waals surface area contributed by atoms with Gasteiger partial charge in [-0.3, -0.25) is 14.4 Å². The molecular formula is C69H124O6. The van der Waals surface area contributed by atoms with Gasteiger partial charge in [0.2, 0.25) is 0 Å². The zero-order valence-electron chi connectivity index (χ0n) is 50.1. The summed E-state index contributed by atoms with van der Waals surface area (Å²) in [5.41, 5.74) is 0. The standard InChI is InChI=1S/C69H124O6/c1-4-7-10-13-16-19-22-25-28-29-30-31-32-33-34-35-36-37-38-39-40-41-42-45-47-50-53-56-59-62-68(71)74-65-66(75-69(72)63-60-57-54-51-48-44-27-24-21-18-15-12-9-6-3)64-73-67(70)61-58-55-52-49-46-43-26-23-20-17-14-11-8-5-2/h15,18,22,24-25,27,29-30,32-33,66H,4-14,16-17,19-21,23,26,28,31,34-65H2,1-3H3/b18-15-,25-22-,27-24-,30-29-,33-32-. The molecule has 0 amide bonds. The fourth-order valence-electron chi connectivity index (χ4n) is 9.53. The molecule has 0 aromatic heterocycles. The van der Waals surface area contributed by atoms with Crippen LogP contribution in [-0.4, -0.2) is 37.2 Å². The van der Waals surface area contributed by atoms with Gasteiger partial charge in [-0.2, -0.15) is 0 Å². The van der Waals surface area contributed by atoms with Gasteiger partial charge in [-0.15, -0.1) is 0 Å². The minimum atomic E-state index is -0.780. The number of ether oxygens (including phenoxy) is 3. The normalized spacial score (nSPS) is 12.4. The Balaban J connectivity index is 4.20. The Bertz CT molecular complexity index is 1340. The lowest BCUT2D eigenvalue weighted by molar-refractivity contribution is -0.167. The topological polar surface area (TPSA) is 78.9 Å². The number of hydrogen-bond acceptors (Lipinski definition) is 6. The number of hydrogen-bond donors (Lipinski definition) is 0. The van der Waals surface area contributed by atoms with Crippen LogP contribution in [-0.2, 0) is 28.6 Å². The molecule has 0 bridgehead atoms. The van der Waals surface area contributed by atoms with Gasteiger partial charge in [-0.1, -0.05) is 300 Å². The molecule has 0 N–H and O–H groups in total. The fraction of sp³-hybridized carbons (Fsp3) is 0.812. The highest BCUT2D eigenvalue weighted by Crippen LogP contribution is 2.17. The summed E-state index contributed by atoms with van der Waals surface area (Å²) >= 11 is 0. The third-order valence-corrected chi connectivity index (χ3v) is 14.5. The van der Waals surface area contributed by atoms with E-state index in [2.05, 4.69) is 81.5 Å². The van der Waals surface area contributed by atoms with E-state index in [9.17, 15) is 14.4 Å². The summed E-state index contributed by atoms with van der Waals surface area (Å²) in [6.07, 6.45) is 80.9. The minimum absolute atomic E-state index is 0.0761. The third-order valence-electron chi connectivity index (χ3n) is 14.5. The number of carbonyl (C=O) groups excluding carboxylic acids is 3. The maximum Gasteiger partial charge on any atom is 0.306 e. The van der Waals surface area contributed by atoms with E-state index in [4.69, 9.17) is 14.2 Å². The quantitative estimate of drug-likeness (QED) is 0.0261. The number of carbonyl (C=O) groups is 3. The molecule has 6 heteroatoms. The van der Waals surface area contributed by atoms with Crippen molar-refractivity contribution in [3.05, 3.63) is 60.8 Å². The summed E-state index contributed by atoms with van der Waals surface area (Å²) in [6, 6.07) is 0. The summed E-state index contributed by atoms with van der Waals surface area (Å²) in [4.78, 5) is 38.3. The lowest BCUT2D eigenvalue weighted by Crippen LogP contribution is -2.30. The molecule has 0 saturated carbocycles. The molecule has 0 radical (unpaired) electrons. The minimum Gasteiger partial charge on any atom is -0.462 e. The van der Waals surface area contributed by atoms with Crippen LogP contribution in [0.3, 0.4) is 0 Å². The van der Waals surface area contributed by atoms with E-state index in [1.807, 2.05) is 0 Å². The molecule has 1 atom stereocenters. The molecule has 0 aliphatic heterocycles. The number of rotatable bonds is 60. The largest absolute Gasteiger partial charge is 0.462 e. The molecule has 0 aliphatic rings. The second-order valence-corrected chi connectivity index (χ2v) is 22.0. The van der Waals surface area contributed by atoms with Crippen molar-refractivity contribution in [2.45, 2.75) is 348 Å². The van der Waals surface area contributed by atoms with Gasteiger partial charge >= 0.3 is 17.9 Å². The Hall–Kier alpha value is -2.89. The molecule has 0 heterocycles. The Morgan fingerprint density at radius 3 is 0.787 bits per heavy atom. The Kier molecular flexibility index (Phi) is 61.2. The number of unbranched alkanes of at least 4 members (excludes halogenated alkanes) is 39. The predicted molar refractivity (Wildman–Crippen MR) is 325 cm³/mol. The van der Waals surface area contributed by atoms with Crippen molar-refractivity contribution in [1.82, 2.24) is 0 Å². The first-order valence-corrected chi connectivity index (χ1v) is 32.8. The van der Waals surface area contributed by atoms with E-state index in [-0.39, 0.29) is 31.1 Å². The Labute approximate surface area is 466 Å². The average Bonchev–Trinajstić information content (AvgIpc) is 3.41. The monoisotopic (exact) mass is 1050 g/mol. The van der Waals surface area contributed by atoms with Gasteiger partial charge in [0.1, 0.15) is 13.2 Å². The lowest BCUT2D eigenvalue weighted by atomic mass is 10.0. The zero-order chi connectivity index (χ0) is 54.3. The van der Waals surface area contributed by atoms with Crippen LogP contribution < -0.4 is 0 Å². The van der Waals surface area contributed by atoms with Crippen molar-refractivity contribution < 1.29 is 28.6 Å². The van der Waals surface area contributed by atoms with Crippen LogP contribution in [0.4, 0.5) is 0 Å². The second-order valence-electron chi connectivity index (χ2n) is 22.0. The maximum absolute atomic E-state index is 12.9. The van der Waals surface area contributed by atoms with Gasteiger partial charge in [0.15, 0.2) is 6.10 Å². The van der Waals surface area contributed by atoms with Crippen LogP contribution in [0.5, 0.6) is 0 Å². The first kappa shape index (κ1) is 72.1. The summed E-state index contributed by atoms with van der Waals surface area (Å²) in [5.74, 6) is -0.873. The van der Waals surface area contributed by atoms with E-state index in [0.717, 1.165) is 96.3 Å². The highest BCUT2D eigenvalue weighted by Gasteiger charge is 2.19. The molecule has 75 heavy (non-hydrogen) atoms. The van der Waals surface area contributed by atoms with Crippen molar-refractivity contribution in [2.24, 2.45) is 0 Å². The van der Waals surface area contributed by atoms with E-state index >= 15 is 0 Å². The van der Waals surface area contributed by atoms with Crippen molar-refractivity contribution in [3.63, 3.8) is 0 Å². The fourth-order valence-corrected chi connectivity index (χ4v) is 9.53. The number of allylic oxidation sites excluding steroid dienone is 10. The van der Waals surface area contributed by atoms with Crippen molar-refractivity contribution in [2.75, 3.05) is 13.2 Å². The zero-order valence-corrected chi connectivity index (χ0v) is 50.1. The van der Waals surface area contributed by atoms with E-state index in [1.54, 1.807) is 0 Å². The van der Waals surface area contributed by atoms with Crippen LogP contribution in [0, 0.1) is 0 Å². The summed E-state index contributed by atoms with van der Waals surface area (Å²) in [6.45, 7) is 6.62. The molecule has 0 saturated heterocycles. The van der Waals surface area contributed by atoms with E-state index in [0.29, 0.717) is 19.3 Å². The van der Waals surface area contributed by atoms with E-state index in [1.165, 1.54) is 205 Å². The number of esters is 3. The van der Waals surface area contributed by atoms with Crippen LogP contribution in [0.15, 0.2) is 60.8 Å². The molecule has 6 nitrogen and oxygen atoms in total. The van der Waals surface area contributed by atoms with Gasteiger partial charge in [0.05, 0.1) is 0 Å². The van der Waals surface area contributed by atoms with Crippen molar-refractivity contribution >= 4 is 17.9 Å². The maximum atomic E-state index is 12.9. The molecule has 0 spiro atoms. The third kappa shape index (κ3) is 61.8. The molecule has 0 fully saturated rings. The molecule has 0 aromatic carbocycles. The van der Waals surface area contributed by atoms with Crippen LogP contribution in [0.25, 0.3) is 0 Å². The summed E-state index contributed by atoms with van der Waals surface area (Å²) in [5, 5.41) is 0. The van der Waals surface area contributed by atoms with Gasteiger partial charge in [0, 0.05) is 19.3 Å².